The highest BCUT2D eigenvalue weighted by Crippen LogP contribution is 2.24. The fourth-order valence-corrected chi connectivity index (χ4v) is 3.62. The number of piperidine rings is 1. The van der Waals surface area contributed by atoms with E-state index < -0.39 is 0 Å². The molecule has 2 aromatic heterocycles. The summed E-state index contributed by atoms with van der Waals surface area (Å²) < 4.78 is 0. The highest BCUT2D eigenvalue weighted by atomic mass is 16.2. The van der Waals surface area contributed by atoms with Crippen LogP contribution >= 0.6 is 0 Å². The molecule has 1 atom stereocenters. The Balaban J connectivity index is 1.42. The number of amides is 2. The number of hydrogen-bond acceptors (Lipinski definition) is 6. The normalized spacial score (nSPS) is 15.9. The first-order valence-electron chi connectivity index (χ1n) is 10.3. The topological polar surface area (TPSA) is 100 Å². The van der Waals surface area contributed by atoms with E-state index in [1.165, 1.54) is 12.4 Å². The van der Waals surface area contributed by atoms with Crippen molar-refractivity contribution in [3.63, 3.8) is 0 Å². The van der Waals surface area contributed by atoms with Crippen molar-refractivity contribution in [1.82, 2.24) is 25.8 Å². The number of nitrogens with one attached hydrogen (secondary N) is 2. The van der Waals surface area contributed by atoms with Gasteiger partial charge in [0.15, 0.2) is 0 Å². The first kappa shape index (κ1) is 20.5. The third-order valence-corrected chi connectivity index (χ3v) is 5.23. The Kier molecular flexibility index (Phi) is 6.16. The predicted octanol–water partition coefficient (Wildman–Crippen LogP) is 2.52. The Bertz CT molecular complexity index is 1060. The first-order chi connectivity index (χ1) is 15.1. The molecule has 158 valence electrons. The molecule has 1 fully saturated rings. The summed E-state index contributed by atoms with van der Waals surface area (Å²) in [7, 11) is 0. The molecule has 1 aliphatic heterocycles. The van der Waals surface area contributed by atoms with Gasteiger partial charge in [-0.15, -0.1) is 0 Å². The van der Waals surface area contributed by atoms with Crippen LogP contribution in [0.4, 0.5) is 5.95 Å². The molecule has 1 saturated heterocycles. The molecule has 0 saturated carbocycles. The van der Waals surface area contributed by atoms with Crippen LogP contribution in [0, 0.1) is 12.8 Å². The minimum atomic E-state index is -0.377. The van der Waals surface area contributed by atoms with Gasteiger partial charge in [-0.1, -0.05) is 30.3 Å². The Morgan fingerprint density at radius 3 is 2.58 bits per heavy atom. The van der Waals surface area contributed by atoms with Gasteiger partial charge < -0.3 is 4.90 Å². The van der Waals surface area contributed by atoms with E-state index in [-0.39, 0.29) is 17.7 Å². The molecule has 0 bridgehead atoms. The molecule has 3 heterocycles. The molecule has 1 aliphatic rings. The molecule has 1 unspecified atom stereocenters. The minimum Gasteiger partial charge on any atom is -0.340 e. The fourth-order valence-electron chi connectivity index (χ4n) is 3.62. The van der Waals surface area contributed by atoms with Crippen LogP contribution in [0.3, 0.4) is 0 Å². The number of aryl methyl sites for hydroxylation is 1. The molecule has 8 nitrogen and oxygen atoms in total. The number of carbonyl (C=O) groups excluding carboxylic acids is 2. The van der Waals surface area contributed by atoms with Gasteiger partial charge in [-0.05, 0) is 38.0 Å². The lowest BCUT2D eigenvalue weighted by atomic mass is 9.97. The van der Waals surface area contributed by atoms with E-state index >= 15 is 0 Å². The van der Waals surface area contributed by atoms with Gasteiger partial charge >= 0.3 is 0 Å². The van der Waals surface area contributed by atoms with Crippen molar-refractivity contribution in [2.45, 2.75) is 19.8 Å². The number of pyridine rings is 1. The van der Waals surface area contributed by atoms with Gasteiger partial charge in [0.2, 0.25) is 11.9 Å². The molecule has 1 aromatic carbocycles. The van der Waals surface area contributed by atoms with Crippen LogP contribution in [0.1, 0.15) is 28.9 Å². The number of hydrazine groups is 1. The number of rotatable bonds is 4. The van der Waals surface area contributed by atoms with Crippen molar-refractivity contribution in [1.29, 1.82) is 0 Å². The SMILES string of the molecule is Cc1cc(-c2ccccc2)nc(N2CCCC(C(=O)NNC(=O)c3ccncc3)C2)n1. The highest BCUT2D eigenvalue weighted by molar-refractivity contribution is 5.95. The fraction of sp³-hybridized carbons (Fsp3) is 0.261. The number of anilines is 1. The van der Waals surface area contributed by atoms with Gasteiger partial charge in [-0.25, -0.2) is 9.97 Å². The van der Waals surface area contributed by atoms with Crippen LogP contribution in [0.2, 0.25) is 0 Å². The lowest BCUT2D eigenvalue weighted by Gasteiger charge is -2.32. The Morgan fingerprint density at radius 2 is 1.81 bits per heavy atom. The summed E-state index contributed by atoms with van der Waals surface area (Å²) in [5.41, 5.74) is 8.21. The zero-order valence-electron chi connectivity index (χ0n) is 17.3. The smallest absolute Gasteiger partial charge is 0.269 e. The second-order valence-electron chi connectivity index (χ2n) is 7.53. The second-order valence-corrected chi connectivity index (χ2v) is 7.53. The average Bonchev–Trinajstić information content (AvgIpc) is 2.83. The van der Waals surface area contributed by atoms with Gasteiger partial charge in [0.1, 0.15) is 0 Å². The number of carbonyl (C=O) groups is 2. The number of benzene rings is 1. The highest BCUT2D eigenvalue weighted by Gasteiger charge is 2.28. The summed E-state index contributed by atoms with van der Waals surface area (Å²) in [6, 6.07) is 15.1. The summed E-state index contributed by atoms with van der Waals surface area (Å²) in [5, 5.41) is 0. The zero-order chi connectivity index (χ0) is 21.6. The quantitative estimate of drug-likeness (QED) is 0.634. The molecule has 0 spiro atoms. The molecule has 2 N–H and O–H groups in total. The van der Waals surface area contributed by atoms with Crippen molar-refractivity contribution in [3.8, 4) is 11.3 Å². The second kappa shape index (κ2) is 9.34. The van der Waals surface area contributed by atoms with E-state index in [4.69, 9.17) is 4.98 Å². The van der Waals surface area contributed by atoms with Crippen molar-refractivity contribution >= 4 is 17.8 Å². The van der Waals surface area contributed by atoms with E-state index in [9.17, 15) is 9.59 Å². The Hall–Kier alpha value is -3.81. The molecular weight excluding hydrogens is 392 g/mol. The van der Waals surface area contributed by atoms with Gasteiger partial charge in [0, 0.05) is 42.3 Å². The standard InChI is InChI=1S/C23H24N6O2/c1-16-14-20(17-6-3-2-4-7-17)26-23(25-16)29-13-5-8-19(15-29)22(31)28-27-21(30)18-9-11-24-12-10-18/h2-4,6-7,9-12,14,19H,5,8,13,15H2,1H3,(H,27,30)(H,28,31). The number of aromatic nitrogens is 3. The summed E-state index contributed by atoms with van der Waals surface area (Å²) in [6.45, 7) is 3.22. The third kappa shape index (κ3) is 5.03. The lowest BCUT2D eigenvalue weighted by Crippen LogP contribution is -2.49. The molecule has 0 radical (unpaired) electrons. The average molecular weight is 416 g/mol. The van der Waals surface area contributed by atoms with Crippen LogP contribution in [-0.2, 0) is 4.79 Å². The zero-order valence-corrected chi connectivity index (χ0v) is 17.3. The van der Waals surface area contributed by atoms with Gasteiger partial charge in [0.05, 0.1) is 11.6 Å². The number of hydrogen-bond donors (Lipinski definition) is 2. The summed E-state index contributed by atoms with van der Waals surface area (Å²) in [6.07, 6.45) is 4.64. The maximum absolute atomic E-state index is 12.7. The van der Waals surface area contributed by atoms with E-state index in [0.29, 0.717) is 18.1 Å². The van der Waals surface area contributed by atoms with E-state index in [1.54, 1.807) is 12.1 Å². The Labute approximate surface area is 180 Å². The molecule has 31 heavy (non-hydrogen) atoms. The van der Waals surface area contributed by atoms with Crippen molar-refractivity contribution in [2.24, 2.45) is 5.92 Å². The molecular formula is C23H24N6O2. The first-order valence-corrected chi connectivity index (χ1v) is 10.3. The van der Waals surface area contributed by atoms with E-state index in [0.717, 1.165) is 36.3 Å². The lowest BCUT2D eigenvalue weighted by molar-refractivity contribution is -0.126. The van der Waals surface area contributed by atoms with E-state index in [1.807, 2.05) is 48.2 Å². The molecule has 2 amide bonds. The van der Waals surface area contributed by atoms with Crippen LogP contribution in [0.25, 0.3) is 11.3 Å². The van der Waals surface area contributed by atoms with Crippen LogP contribution in [0.15, 0.2) is 60.9 Å². The van der Waals surface area contributed by atoms with Crippen molar-refractivity contribution in [2.75, 3.05) is 18.0 Å². The van der Waals surface area contributed by atoms with Crippen LogP contribution < -0.4 is 15.8 Å². The molecule has 8 heteroatoms. The van der Waals surface area contributed by atoms with Gasteiger partial charge in [-0.3, -0.25) is 25.4 Å². The maximum Gasteiger partial charge on any atom is 0.269 e. The molecule has 4 rings (SSSR count). The van der Waals surface area contributed by atoms with Crippen molar-refractivity contribution in [3.05, 3.63) is 72.2 Å². The van der Waals surface area contributed by atoms with Gasteiger partial charge in [-0.2, -0.15) is 0 Å². The van der Waals surface area contributed by atoms with Gasteiger partial charge in [0.25, 0.3) is 5.91 Å². The maximum atomic E-state index is 12.7. The Morgan fingerprint density at radius 1 is 1.03 bits per heavy atom. The van der Waals surface area contributed by atoms with E-state index in [2.05, 4.69) is 20.8 Å². The largest absolute Gasteiger partial charge is 0.340 e. The van der Waals surface area contributed by atoms with Crippen LogP contribution in [-0.4, -0.2) is 39.9 Å². The summed E-state index contributed by atoms with van der Waals surface area (Å²) in [4.78, 5) is 40.1. The number of nitrogens with zero attached hydrogens (tertiary/aromatic N) is 4. The predicted molar refractivity (Wildman–Crippen MR) is 117 cm³/mol. The van der Waals surface area contributed by atoms with Crippen LogP contribution in [0.5, 0.6) is 0 Å². The molecule has 3 aromatic rings. The molecule has 0 aliphatic carbocycles. The minimum absolute atomic E-state index is 0.219. The van der Waals surface area contributed by atoms with Crippen molar-refractivity contribution < 1.29 is 9.59 Å². The third-order valence-electron chi connectivity index (χ3n) is 5.23. The summed E-state index contributed by atoms with van der Waals surface area (Å²) in [5.74, 6) is -0.242. The summed E-state index contributed by atoms with van der Waals surface area (Å²) >= 11 is 0. The monoisotopic (exact) mass is 416 g/mol.